The van der Waals surface area contributed by atoms with Gasteiger partial charge in [-0.2, -0.15) is 0 Å². The van der Waals surface area contributed by atoms with Gasteiger partial charge in [-0.3, -0.25) is 9.69 Å². The minimum Gasteiger partial charge on any atom is -0.489 e. The van der Waals surface area contributed by atoms with Crippen molar-refractivity contribution in [2.45, 2.75) is 39.0 Å². The van der Waals surface area contributed by atoms with E-state index in [9.17, 15) is 9.18 Å². The Hall–Kier alpha value is -2.58. The standard InChI is InChI=1S/C26H32FN3O3.2ClH/c1-26(2,28)19-29-25(31)17-30(16-24-10-5-13-32-24)12-11-20-6-4-9-23(15-20)33-18-21-7-3-8-22(27)14-21;;/h3-10,13-15H,11-12,16-19,28H2,1-2H3,(H,29,31);2*1H. The molecule has 1 amide bonds. The van der Waals surface area contributed by atoms with Gasteiger partial charge in [0.05, 0.1) is 19.4 Å². The summed E-state index contributed by atoms with van der Waals surface area (Å²) < 4.78 is 24.7. The molecule has 1 heterocycles. The first kappa shape index (κ1) is 30.5. The molecule has 0 bridgehead atoms. The number of halogens is 3. The van der Waals surface area contributed by atoms with E-state index in [0.717, 1.165) is 29.1 Å². The van der Waals surface area contributed by atoms with Crippen molar-refractivity contribution in [3.63, 3.8) is 0 Å². The van der Waals surface area contributed by atoms with Crippen LogP contribution in [0.3, 0.4) is 0 Å². The summed E-state index contributed by atoms with van der Waals surface area (Å²) >= 11 is 0. The Balaban J connectivity index is 0.00000306. The van der Waals surface area contributed by atoms with E-state index in [-0.39, 0.29) is 43.1 Å². The largest absolute Gasteiger partial charge is 0.489 e. The molecule has 0 radical (unpaired) electrons. The lowest BCUT2D eigenvalue weighted by atomic mass is 10.1. The number of rotatable bonds is 12. The van der Waals surface area contributed by atoms with Crippen LogP contribution >= 0.6 is 24.8 Å². The first-order chi connectivity index (χ1) is 15.8. The lowest BCUT2D eigenvalue weighted by molar-refractivity contribution is -0.122. The van der Waals surface area contributed by atoms with Gasteiger partial charge in [-0.25, -0.2) is 4.39 Å². The number of hydrogen-bond donors (Lipinski definition) is 2. The maximum Gasteiger partial charge on any atom is 0.234 e. The van der Waals surface area contributed by atoms with Crippen molar-refractivity contribution < 1.29 is 18.3 Å². The van der Waals surface area contributed by atoms with E-state index in [0.29, 0.717) is 26.2 Å². The van der Waals surface area contributed by atoms with E-state index >= 15 is 0 Å². The van der Waals surface area contributed by atoms with Gasteiger partial charge in [0.15, 0.2) is 0 Å². The summed E-state index contributed by atoms with van der Waals surface area (Å²) in [6.07, 6.45) is 2.36. The van der Waals surface area contributed by atoms with Crippen LogP contribution in [0.25, 0.3) is 0 Å². The Morgan fingerprint density at radius 3 is 2.51 bits per heavy atom. The summed E-state index contributed by atoms with van der Waals surface area (Å²) in [5.74, 6) is 1.17. The van der Waals surface area contributed by atoms with Gasteiger partial charge in [0.2, 0.25) is 5.91 Å². The number of nitrogens with one attached hydrogen (secondary N) is 1. The average molecular weight is 526 g/mol. The summed E-state index contributed by atoms with van der Waals surface area (Å²) in [6.45, 7) is 5.88. The van der Waals surface area contributed by atoms with Gasteiger partial charge in [-0.1, -0.05) is 24.3 Å². The number of amides is 1. The molecule has 0 atom stereocenters. The summed E-state index contributed by atoms with van der Waals surface area (Å²) in [7, 11) is 0. The van der Waals surface area contributed by atoms with E-state index < -0.39 is 5.54 Å². The second-order valence-corrected chi connectivity index (χ2v) is 8.87. The molecule has 0 aliphatic carbocycles. The Bertz CT molecular complexity index is 1030. The molecule has 0 aliphatic rings. The summed E-state index contributed by atoms with van der Waals surface area (Å²) in [4.78, 5) is 14.5. The predicted molar refractivity (Wildman–Crippen MR) is 141 cm³/mol. The Morgan fingerprint density at radius 2 is 1.83 bits per heavy atom. The number of benzene rings is 2. The van der Waals surface area contributed by atoms with E-state index in [1.165, 1.54) is 12.1 Å². The van der Waals surface area contributed by atoms with E-state index in [1.54, 1.807) is 12.3 Å². The van der Waals surface area contributed by atoms with Gasteiger partial charge in [0.25, 0.3) is 0 Å². The molecule has 9 heteroatoms. The van der Waals surface area contributed by atoms with Crippen molar-refractivity contribution in [3.05, 3.63) is 89.6 Å². The molecule has 0 saturated heterocycles. The highest BCUT2D eigenvalue weighted by molar-refractivity contribution is 5.85. The van der Waals surface area contributed by atoms with Gasteiger partial charge >= 0.3 is 0 Å². The van der Waals surface area contributed by atoms with Crippen molar-refractivity contribution in [1.29, 1.82) is 0 Å². The molecule has 0 aliphatic heterocycles. The van der Waals surface area contributed by atoms with Gasteiger partial charge in [-0.15, -0.1) is 24.8 Å². The second-order valence-electron chi connectivity index (χ2n) is 8.87. The highest BCUT2D eigenvalue weighted by Gasteiger charge is 2.16. The average Bonchev–Trinajstić information content (AvgIpc) is 3.28. The number of furan rings is 1. The third-order valence-electron chi connectivity index (χ3n) is 4.98. The van der Waals surface area contributed by atoms with Crippen molar-refractivity contribution in [3.8, 4) is 5.75 Å². The molecule has 192 valence electrons. The molecule has 6 nitrogen and oxygen atoms in total. The maximum atomic E-state index is 13.4. The van der Waals surface area contributed by atoms with Crippen molar-refractivity contribution in [2.75, 3.05) is 19.6 Å². The molecule has 35 heavy (non-hydrogen) atoms. The Labute approximate surface area is 218 Å². The van der Waals surface area contributed by atoms with Crippen LogP contribution < -0.4 is 15.8 Å². The fourth-order valence-corrected chi connectivity index (χ4v) is 3.29. The zero-order valence-corrected chi connectivity index (χ0v) is 21.7. The van der Waals surface area contributed by atoms with Crippen LogP contribution in [0.5, 0.6) is 5.75 Å². The summed E-state index contributed by atoms with van der Waals surface area (Å²) in [5.41, 5.74) is 7.36. The first-order valence-corrected chi connectivity index (χ1v) is 11.0. The molecule has 2 aromatic carbocycles. The van der Waals surface area contributed by atoms with Gasteiger partial charge in [0.1, 0.15) is 23.9 Å². The van der Waals surface area contributed by atoms with Gasteiger partial charge in [0, 0.05) is 18.6 Å². The van der Waals surface area contributed by atoms with E-state index in [4.69, 9.17) is 14.9 Å². The monoisotopic (exact) mass is 525 g/mol. The molecular weight excluding hydrogens is 492 g/mol. The molecule has 3 rings (SSSR count). The molecule has 1 aromatic heterocycles. The van der Waals surface area contributed by atoms with Crippen molar-refractivity contribution >= 4 is 30.7 Å². The van der Waals surface area contributed by atoms with Crippen LogP contribution in [-0.2, 0) is 24.4 Å². The zero-order chi connectivity index (χ0) is 23.7. The number of carbonyl (C=O) groups excluding carboxylic acids is 1. The highest BCUT2D eigenvalue weighted by Crippen LogP contribution is 2.17. The molecule has 3 N–H and O–H groups in total. The minimum atomic E-state index is -0.465. The first-order valence-electron chi connectivity index (χ1n) is 11.0. The molecular formula is C26H34Cl2FN3O3. The SMILES string of the molecule is CC(C)(N)CNC(=O)CN(CCc1cccc(OCc2cccc(F)c2)c1)Cc1ccco1.Cl.Cl. The highest BCUT2D eigenvalue weighted by atomic mass is 35.5. The number of ether oxygens (including phenoxy) is 1. The smallest absolute Gasteiger partial charge is 0.234 e. The fraction of sp³-hybridized carbons (Fsp3) is 0.346. The lowest BCUT2D eigenvalue weighted by Gasteiger charge is -2.23. The number of hydrogen-bond acceptors (Lipinski definition) is 5. The molecule has 0 fully saturated rings. The second kappa shape index (κ2) is 14.7. The van der Waals surface area contributed by atoms with Crippen LogP contribution in [0.1, 0.15) is 30.7 Å². The molecule has 3 aromatic rings. The van der Waals surface area contributed by atoms with Crippen molar-refractivity contribution in [1.82, 2.24) is 10.2 Å². The number of carbonyl (C=O) groups is 1. The van der Waals surface area contributed by atoms with E-state index in [2.05, 4.69) is 5.32 Å². The summed E-state index contributed by atoms with van der Waals surface area (Å²) in [6, 6.07) is 17.9. The quantitative estimate of drug-likeness (QED) is 0.357. The molecule has 0 spiro atoms. The van der Waals surface area contributed by atoms with E-state index in [1.807, 2.05) is 61.2 Å². The van der Waals surface area contributed by atoms with Crippen LogP contribution in [0.2, 0.25) is 0 Å². The Kier molecular flexibility index (Phi) is 12.8. The third-order valence-corrected chi connectivity index (χ3v) is 4.98. The predicted octanol–water partition coefficient (Wildman–Crippen LogP) is 4.74. The van der Waals surface area contributed by atoms with Crippen LogP contribution in [0, 0.1) is 5.82 Å². The lowest BCUT2D eigenvalue weighted by Crippen LogP contribution is -2.47. The van der Waals surface area contributed by atoms with Gasteiger partial charge in [-0.05, 0) is 67.8 Å². The fourth-order valence-electron chi connectivity index (χ4n) is 3.29. The molecule has 0 saturated carbocycles. The van der Waals surface area contributed by atoms with Crippen LogP contribution in [-0.4, -0.2) is 36.0 Å². The topological polar surface area (TPSA) is 80.7 Å². The normalized spacial score (nSPS) is 10.9. The maximum absolute atomic E-state index is 13.4. The van der Waals surface area contributed by atoms with Gasteiger partial charge < -0.3 is 20.2 Å². The minimum absolute atomic E-state index is 0. The Morgan fingerprint density at radius 1 is 1.09 bits per heavy atom. The third kappa shape index (κ3) is 11.6. The number of nitrogens with zero attached hydrogens (tertiary/aromatic N) is 1. The molecule has 0 unspecified atom stereocenters. The summed E-state index contributed by atoms with van der Waals surface area (Å²) in [5, 5.41) is 2.89. The van der Waals surface area contributed by atoms with Crippen LogP contribution in [0.15, 0.2) is 71.3 Å². The zero-order valence-electron chi connectivity index (χ0n) is 20.0. The van der Waals surface area contributed by atoms with Crippen LogP contribution in [0.4, 0.5) is 4.39 Å². The number of nitrogens with two attached hydrogens (primary N) is 1. The van der Waals surface area contributed by atoms with Crippen molar-refractivity contribution in [2.24, 2.45) is 5.73 Å².